The molecule has 0 rings (SSSR count). The van der Waals surface area contributed by atoms with Crippen molar-refractivity contribution in [3.05, 3.63) is 72.9 Å². The van der Waals surface area contributed by atoms with Gasteiger partial charge in [-0.1, -0.05) is 119 Å². The number of ether oxygens (including phenoxy) is 2. The van der Waals surface area contributed by atoms with Crippen LogP contribution in [-0.2, 0) is 28.2 Å². The molecule has 2 N–H and O–H groups in total. The zero-order valence-electron chi connectivity index (χ0n) is 29.1. The molecule has 0 spiro atoms. The number of hydrogen-bond acceptors (Lipinski definition) is 6. The molecule has 0 aromatic heterocycles. The minimum atomic E-state index is -4.77. The smallest absolute Gasteiger partial charge is 0.462 e. The van der Waals surface area contributed by atoms with Crippen LogP contribution in [-0.4, -0.2) is 41.0 Å². The fraction of sp³-hybridized carbons (Fsp3) is 0.632. The van der Waals surface area contributed by atoms with E-state index in [0.717, 1.165) is 70.6 Å². The number of unbranched alkanes of at least 4 members (excludes halogenated alkanes) is 9. The number of phosphoric acid groups is 1. The van der Waals surface area contributed by atoms with Crippen LogP contribution in [0.2, 0.25) is 0 Å². The van der Waals surface area contributed by atoms with E-state index in [2.05, 4.69) is 79.1 Å². The highest BCUT2D eigenvalue weighted by atomic mass is 31.2. The van der Waals surface area contributed by atoms with E-state index in [4.69, 9.17) is 19.3 Å². The summed E-state index contributed by atoms with van der Waals surface area (Å²) >= 11 is 0. The van der Waals surface area contributed by atoms with Crippen molar-refractivity contribution in [3.63, 3.8) is 0 Å². The van der Waals surface area contributed by atoms with Gasteiger partial charge in [0, 0.05) is 12.8 Å². The predicted molar refractivity (Wildman–Crippen MR) is 193 cm³/mol. The van der Waals surface area contributed by atoms with Crippen molar-refractivity contribution in [2.75, 3.05) is 13.2 Å². The molecule has 0 saturated carbocycles. The van der Waals surface area contributed by atoms with Gasteiger partial charge in [-0.2, -0.15) is 0 Å². The quantitative estimate of drug-likeness (QED) is 0.0322. The summed E-state index contributed by atoms with van der Waals surface area (Å²) in [6, 6.07) is 0. The molecule has 0 aliphatic carbocycles. The minimum absolute atomic E-state index is 0.128. The minimum Gasteiger partial charge on any atom is -0.462 e. The fourth-order valence-electron chi connectivity index (χ4n) is 4.34. The summed E-state index contributed by atoms with van der Waals surface area (Å²) in [6.07, 6.45) is 42.0. The first-order valence-corrected chi connectivity index (χ1v) is 19.3. The van der Waals surface area contributed by atoms with Gasteiger partial charge in [-0.15, -0.1) is 0 Å². The summed E-state index contributed by atoms with van der Waals surface area (Å²) in [5, 5.41) is 0. The van der Waals surface area contributed by atoms with Crippen LogP contribution < -0.4 is 0 Å². The molecule has 0 amide bonds. The van der Waals surface area contributed by atoms with Crippen LogP contribution in [0.3, 0.4) is 0 Å². The summed E-state index contributed by atoms with van der Waals surface area (Å²) in [7, 11) is -4.77. The van der Waals surface area contributed by atoms with Gasteiger partial charge in [0.1, 0.15) is 6.61 Å². The Morgan fingerprint density at radius 1 is 0.574 bits per heavy atom. The van der Waals surface area contributed by atoms with E-state index < -0.39 is 32.5 Å². The molecule has 0 radical (unpaired) electrons. The highest BCUT2D eigenvalue weighted by molar-refractivity contribution is 7.46. The molecule has 0 aromatic rings. The molecule has 268 valence electrons. The second-order valence-corrected chi connectivity index (χ2v) is 12.7. The summed E-state index contributed by atoms with van der Waals surface area (Å²) in [6.45, 7) is 3.46. The predicted octanol–water partition coefficient (Wildman–Crippen LogP) is 10.3. The van der Waals surface area contributed by atoms with E-state index in [1.54, 1.807) is 0 Å². The lowest BCUT2D eigenvalue weighted by Gasteiger charge is -2.18. The molecule has 0 heterocycles. The zero-order valence-corrected chi connectivity index (χ0v) is 30.0. The Balaban J connectivity index is 4.14. The third-order valence-corrected chi connectivity index (χ3v) is 7.44. The molecule has 9 heteroatoms. The van der Waals surface area contributed by atoms with Gasteiger partial charge >= 0.3 is 19.8 Å². The molecule has 0 bridgehead atoms. The Bertz CT molecular complexity index is 990. The molecular weight excluding hydrogens is 615 g/mol. The highest BCUT2D eigenvalue weighted by Gasteiger charge is 2.22. The molecule has 0 unspecified atom stereocenters. The van der Waals surface area contributed by atoms with Gasteiger partial charge < -0.3 is 19.3 Å². The molecule has 1 atom stereocenters. The van der Waals surface area contributed by atoms with E-state index in [1.807, 2.05) is 12.2 Å². The van der Waals surface area contributed by atoms with Crippen LogP contribution >= 0.6 is 7.82 Å². The number of rotatable bonds is 31. The number of esters is 2. The Hall–Kier alpha value is -2.51. The van der Waals surface area contributed by atoms with Crippen LogP contribution in [0.1, 0.15) is 136 Å². The molecule has 0 aliphatic heterocycles. The first-order valence-electron chi connectivity index (χ1n) is 17.7. The van der Waals surface area contributed by atoms with Crippen LogP contribution in [0.4, 0.5) is 0 Å². The van der Waals surface area contributed by atoms with E-state index in [9.17, 15) is 14.2 Å². The molecule has 47 heavy (non-hydrogen) atoms. The summed E-state index contributed by atoms with van der Waals surface area (Å²) in [5.74, 6) is -0.973. The fourth-order valence-corrected chi connectivity index (χ4v) is 4.70. The molecule has 0 saturated heterocycles. The first-order chi connectivity index (χ1) is 22.8. The average molecular weight is 679 g/mol. The van der Waals surface area contributed by atoms with Gasteiger partial charge in [-0.05, 0) is 77.0 Å². The van der Waals surface area contributed by atoms with Crippen molar-refractivity contribution in [1.29, 1.82) is 0 Å². The largest absolute Gasteiger partial charge is 0.469 e. The lowest BCUT2D eigenvalue weighted by molar-refractivity contribution is -0.161. The van der Waals surface area contributed by atoms with Crippen molar-refractivity contribution < 1.29 is 37.9 Å². The van der Waals surface area contributed by atoms with Crippen molar-refractivity contribution >= 4 is 19.8 Å². The van der Waals surface area contributed by atoms with Gasteiger partial charge in [0.2, 0.25) is 0 Å². The van der Waals surface area contributed by atoms with E-state index >= 15 is 0 Å². The van der Waals surface area contributed by atoms with Crippen LogP contribution in [0.25, 0.3) is 0 Å². The Morgan fingerprint density at radius 3 is 1.62 bits per heavy atom. The average Bonchev–Trinajstić information content (AvgIpc) is 3.04. The summed E-state index contributed by atoms with van der Waals surface area (Å²) in [5.41, 5.74) is 0. The molecule has 0 fully saturated rings. The van der Waals surface area contributed by atoms with Gasteiger partial charge in [0.15, 0.2) is 6.10 Å². The maximum atomic E-state index is 12.3. The van der Waals surface area contributed by atoms with Crippen LogP contribution in [0.15, 0.2) is 72.9 Å². The lowest BCUT2D eigenvalue weighted by Crippen LogP contribution is -2.29. The van der Waals surface area contributed by atoms with Crippen molar-refractivity contribution in [2.45, 2.75) is 142 Å². The Morgan fingerprint density at radius 2 is 1.04 bits per heavy atom. The van der Waals surface area contributed by atoms with Crippen molar-refractivity contribution in [3.8, 4) is 0 Å². The van der Waals surface area contributed by atoms with Crippen LogP contribution in [0, 0.1) is 0 Å². The first kappa shape index (κ1) is 44.5. The monoisotopic (exact) mass is 678 g/mol. The molecule has 0 aromatic carbocycles. The maximum absolute atomic E-state index is 12.3. The third kappa shape index (κ3) is 36.2. The van der Waals surface area contributed by atoms with Crippen molar-refractivity contribution in [1.82, 2.24) is 0 Å². The summed E-state index contributed by atoms with van der Waals surface area (Å²) < 4.78 is 26.2. The van der Waals surface area contributed by atoms with E-state index in [0.29, 0.717) is 19.3 Å². The zero-order chi connectivity index (χ0) is 34.7. The van der Waals surface area contributed by atoms with Crippen LogP contribution in [0.5, 0.6) is 0 Å². The lowest BCUT2D eigenvalue weighted by atomic mass is 10.1. The van der Waals surface area contributed by atoms with Crippen molar-refractivity contribution in [2.24, 2.45) is 0 Å². The standard InChI is InChI=1S/C38H63O8P/c1-3-5-7-9-11-13-15-17-18-19-20-21-23-25-27-29-31-33-38(40)46-36(35-45-47(41,42)43)34-44-37(39)32-30-28-26-24-22-16-14-12-10-8-6-4-2/h5,7,11-14,17-18,20-21,25,27,36H,3-4,6,8-10,15-16,19,22-24,26,28-35H2,1-2H3,(H2,41,42,43)/b7-5-,13-11-,14-12-,18-17-,21-20-,27-25-/t36-/m1/s1. The third-order valence-electron chi connectivity index (χ3n) is 6.96. The maximum Gasteiger partial charge on any atom is 0.469 e. The van der Waals surface area contributed by atoms with Gasteiger partial charge in [-0.3, -0.25) is 14.1 Å². The van der Waals surface area contributed by atoms with Gasteiger partial charge in [-0.25, -0.2) is 4.57 Å². The van der Waals surface area contributed by atoms with E-state index in [-0.39, 0.29) is 19.4 Å². The Labute approximate surface area is 285 Å². The number of hydrogen-bond donors (Lipinski definition) is 2. The number of carbonyl (C=O) groups excluding carboxylic acids is 2. The Kier molecular flexibility index (Phi) is 31.6. The molecular formula is C38H63O8P. The number of allylic oxidation sites excluding steroid dienone is 12. The van der Waals surface area contributed by atoms with Gasteiger partial charge in [0.05, 0.1) is 6.61 Å². The van der Waals surface area contributed by atoms with Gasteiger partial charge in [0.25, 0.3) is 0 Å². The number of carbonyl (C=O) groups is 2. The number of phosphoric ester groups is 1. The SMILES string of the molecule is CC/C=C\C/C=C\C/C=C\C/C=C\C/C=C\CCCC(=O)O[C@H](COC(=O)CCCCCCC/C=C\CCCCC)COP(=O)(O)O. The second kappa shape index (κ2) is 33.4. The second-order valence-electron chi connectivity index (χ2n) is 11.5. The molecule has 8 nitrogen and oxygen atoms in total. The van der Waals surface area contributed by atoms with E-state index in [1.165, 1.54) is 19.3 Å². The summed E-state index contributed by atoms with van der Waals surface area (Å²) in [4.78, 5) is 42.6. The normalized spacial score (nSPS) is 13.4. The highest BCUT2D eigenvalue weighted by Crippen LogP contribution is 2.35. The molecule has 0 aliphatic rings. The topological polar surface area (TPSA) is 119 Å².